The second-order valence-corrected chi connectivity index (χ2v) is 7.40. The highest BCUT2D eigenvalue weighted by atomic mass is 79.9. The van der Waals surface area contributed by atoms with Crippen LogP contribution in [-0.2, 0) is 11.2 Å². The molecule has 3 N–H and O–H groups in total. The first kappa shape index (κ1) is 22.2. The van der Waals surface area contributed by atoms with E-state index in [9.17, 15) is 9.59 Å². The van der Waals surface area contributed by atoms with E-state index in [2.05, 4.69) is 31.9 Å². The highest BCUT2D eigenvalue weighted by Crippen LogP contribution is 2.33. The van der Waals surface area contributed by atoms with Crippen LogP contribution in [0.25, 0.3) is 0 Å². The molecule has 0 spiro atoms. The number of rotatable bonds is 7. The second kappa shape index (κ2) is 10.5. The summed E-state index contributed by atoms with van der Waals surface area (Å²) < 4.78 is 11.3. The van der Waals surface area contributed by atoms with E-state index < -0.39 is 0 Å². The van der Waals surface area contributed by atoms with Crippen molar-refractivity contribution in [1.82, 2.24) is 0 Å². The lowest BCUT2D eigenvalue weighted by Gasteiger charge is -2.12. The van der Waals surface area contributed by atoms with Crippen molar-refractivity contribution in [3.63, 3.8) is 0 Å². The third kappa shape index (κ3) is 6.23. The Bertz CT molecular complexity index is 1060. The standard InChI is InChI=1S/C23H22BrN3O4/c1-30-20-12-15(19(24)14-21(20)31-2)13-22(28)25-17-8-10-18(11-9-17)27-23(29)26-16-6-4-3-5-7-16/h3-12,14H,13H2,1-2H3,(H,25,28)(H2,26,27,29). The van der Waals surface area contributed by atoms with E-state index in [1.54, 1.807) is 62.8 Å². The van der Waals surface area contributed by atoms with Crippen molar-refractivity contribution in [3.8, 4) is 11.5 Å². The average Bonchev–Trinajstić information content (AvgIpc) is 2.76. The normalized spacial score (nSPS) is 10.2. The van der Waals surface area contributed by atoms with Gasteiger partial charge in [-0.15, -0.1) is 0 Å². The summed E-state index contributed by atoms with van der Waals surface area (Å²) in [5.41, 5.74) is 2.70. The fourth-order valence-electron chi connectivity index (χ4n) is 2.86. The molecule has 0 aliphatic carbocycles. The van der Waals surface area contributed by atoms with Gasteiger partial charge in [-0.2, -0.15) is 0 Å². The number of anilines is 3. The molecule has 31 heavy (non-hydrogen) atoms. The third-order valence-electron chi connectivity index (χ3n) is 4.36. The molecule has 0 radical (unpaired) electrons. The summed E-state index contributed by atoms with van der Waals surface area (Å²) >= 11 is 3.46. The largest absolute Gasteiger partial charge is 0.493 e. The Morgan fingerprint density at radius 1 is 0.774 bits per heavy atom. The van der Waals surface area contributed by atoms with Gasteiger partial charge in [-0.3, -0.25) is 4.79 Å². The summed E-state index contributed by atoms with van der Waals surface area (Å²) in [6, 6.07) is 19.2. The number of hydrogen-bond acceptors (Lipinski definition) is 4. The van der Waals surface area contributed by atoms with Crippen LogP contribution in [0.1, 0.15) is 5.56 Å². The zero-order chi connectivity index (χ0) is 22.2. The zero-order valence-electron chi connectivity index (χ0n) is 17.1. The molecule has 0 saturated carbocycles. The molecule has 0 unspecified atom stereocenters. The van der Waals surface area contributed by atoms with E-state index in [4.69, 9.17) is 9.47 Å². The molecule has 0 aliphatic heterocycles. The molecule has 3 rings (SSSR count). The fourth-order valence-corrected chi connectivity index (χ4v) is 3.32. The number of para-hydroxylation sites is 1. The molecule has 0 saturated heterocycles. The maximum Gasteiger partial charge on any atom is 0.323 e. The minimum absolute atomic E-state index is 0.153. The Kier molecular flexibility index (Phi) is 7.50. The van der Waals surface area contributed by atoms with Crippen LogP contribution in [0.3, 0.4) is 0 Å². The van der Waals surface area contributed by atoms with Crippen LogP contribution in [0.15, 0.2) is 71.2 Å². The number of urea groups is 1. The molecule has 8 heteroatoms. The van der Waals surface area contributed by atoms with Gasteiger partial charge in [-0.1, -0.05) is 34.1 Å². The van der Waals surface area contributed by atoms with Crippen molar-refractivity contribution in [2.24, 2.45) is 0 Å². The van der Waals surface area contributed by atoms with Crippen molar-refractivity contribution in [2.75, 3.05) is 30.2 Å². The Labute approximate surface area is 188 Å². The number of benzene rings is 3. The lowest BCUT2D eigenvalue weighted by atomic mass is 10.1. The van der Waals surface area contributed by atoms with Crippen LogP contribution >= 0.6 is 15.9 Å². The van der Waals surface area contributed by atoms with Gasteiger partial charge in [0.2, 0.25) is 5.91 Å². The maximum absolute atomic E-state index is 12.5. The number of ether oxygens (including phenoxy) is 2. The summed E-state index contributed by atoms with van der Waals surface area (Å²) in [6.45, 7) is 0. The maximum atomic E-state index is 12.5. The van der Waals surface area contributed by atoms with Crippen molar-refractivity contribution in [3.05, 3.63) is 76.8 Å². The first-order valence-electron chi connectivity index (χ1n) is 9.42. The van der Waals surface area contributed by atoms with E-state index >= 15 is 0 Å². The Morgan fingerprint density at radius 3 is 1.87 bits per heavy atom. The number of hydrogen-bond donors (Lipinski definition) is 3. The van der Waals surface area contributed by atoms with Gasteiger partial charge < -0.3 is 25.4 Å². The summed E-state index contributed by atoms with van der Waals surface area (Å²) in [6.07, 6.45) is 0.153. The number of carbonyl (C=O) groups is 2. The second-order valence-electron chi connectivity index (χ2n) is 6.55. The van der Waals surface area contributed by atoms with Gasteiger partial charge >= 0.3 is 6.03 Å². The smallest absolute Gasteiger partial charge is 0.323 e. The summed E-state index contributed by atoms with van der Waals surface area (Å²) in [5, 5.41) is 8.33. The molecule has 0 heterocycles. The highest BCUT2D eigenvalue weighted by Gasteiger charge is 2.13. The molecule has 0 bridgehead atoms. The lowest BCUT2D eigenvalue weighted by molar-refractivity contribution is -0.115. The van der Waals surface area contributed by atoms with Crippen LogP contribution in [0.2, 0.25) is 0 Å². The number of methoxy groups -OCH3 is 2. The van der Waals surface area contributed by atoms with Gasteiger partial charge in [0.15, 0.2) is 11.5 Å². The average molecular weight is 484 g/mol. The predicted octanol–water partition coefficient (Wildman–Crippen LogP) is 5.29. The van der Waals surface area contributed by atoms with Gasteiger partial charge in [0.25, 0.3) is 0 Å². The predicted molar refractivity (Wildman–Crippen MR) is 125 cm³/mol. The quantitative estimate of drug-likeness (QED) is 0.425. The molecule has 3 amide bonds. The molecule has 0 aromatic heterocycles. The molecule has 0 fully saturated rings. The number of halogens is 1. The molecular weight excluding hydrogens is 462 g/mol. The Morgan fingerprint density at radius 2 is 1.29 bits per heavy atom. The van der Waals surface area contributed by atoms with Crippen molar-refractivity contribution < 1.29 is 19.1 Å². The summed E-state index contributed by atoms with van der Waals surface area (Å²) in [7, 11) is 3.10. The number of carbonyl (C=O) groups excluding carboxylic acids is 2. The van der Waals surface area contributed by atoms with E-state index in [0.717, 1.165) is 10.0 Å². The third-order valence-corrected chi connectivity index (χ3v) is 5.10. The van der Waals surface area contributed by atoms with Crippen molar-refractivity contribution >= 4 is 44.9 Å². The molecule has 0 atom stereocenters. The van der Waals surface area contributed by atoms with E-state index in [1.807, 2.05) is 18.2 Å². The van der Waals surface area contributed by atoms with Crippen molar-refractivity contribution in [2.45, 2.75) is 6.42 Å². The molecule has 160 valence electrons. The van der Waals surface area contributed by atoms with E-state index in [1.165, 1.54) is 0 Å². The monoisotopic (exact) mass is 483 g/mol. The van der Waals surface area contributed by atoms with Gasteiger partial charge in [0.05, 0.1) is 20.6 Å². The topological polar surface area (TPSA) is 88.7 Å². The minimum atomic E-state index is -0.346. The van der Waals surface area contributed by atoms with Crippen LogP contribution in [0.5, 0.6) is 11.5 Å². The molecule has 0 aliphatic rings. The number of nitrogens with one attached hydrogen (secondary N) is 3. The fraction of sp³-hybridized carbons (Fsp3) is 0.130. The molecule has 3 aromatic rings. The SMILES string of the molecule is COc1cc(Br)c(CC(=O)Nc2ccc(NC(=O)Nc3ccccc3)cc2)cc1OC. The highest BCUT2D eigenvalue weighted by molar-refractivity contribution is 9.10. The van der Waals surface area contributed by atoms with Gasteiger partial charge in [0, 0.05) is 21.5 Å². The lowest BCUT2D eigenvalue weighted by Crippen LogP contribution is -2.19. The number of amides is 3. The summed E-state index contributed by atoms with van der Waals surface area (Å²) in [4.78, 5) is 24.5. The van der Waals surface area contributed by atoms with Crippen LogP contribution in [0, 0.1) is 0 Å². The van der Waals surface area contributed by atoms with Crippen LogP contribution < -0.4 is 25.4 Å². The van der Waals surface area contributed by atoms with Crippen LogP contribution in [-0.4, -0.2) is 26.2 Å². The Hall–Kier alpha value is -3.52. The molecule has 3 aromatic carbocycles. The molecule has 7 nitrogen and oxygen atoms in total. The molecular formula is C23H22BrN3O4. The first-order chi connectivity index (χ1) is 15.0. The van der Waals surface area contributed by atoms with Crippen molar-refractivity contribution in [1.29, 1.82) is 0 Å². The Balaban J connectivity index is 1.57. The zero-order valence-corrected chi connectivity index (χ0v) is 18.7. The first-order valence-corrected chi connectivity index (χ1v) is 10.2. The minimum Gasteiger partial charge on any atom is -0.493 e. The summed E-state index contributed by atoms with van der Waals surface area (Å²) in [5.74, 6) is 0.950. The van der Waals surface area contributed by atoms with E-state index in [-0.39, 0.29) is 18.4 Å². The van der Waals surface area contributed by atoms with E-state index in [0.29, 0.717) is 28.6 Å². The van der Waals surface area contributed by atoms with Gasteiger partial charge in [-0.05, 0) is 54.1 Å². The van der Waals surface area contributed by atoms with Crippen LogP contribution in [0.4, 0.5) is 21.9 Å². The van der Waals surface area contributed by atoms with Gasteiger partial charge in [-0.25, -0.2) is 4.79 Å². The van der Waals surface area contributed by atoms with Gasteiger partial charge in [0.1, 0.15) is 0 Å².